The normalized spacial score (nSPS) is 25.6. The van der Waals surface area contributed by atoms with Gasteiger partial charge in [-0.1, -0.05) is 18.2 Å². The Kier molecular flexibility index (Phi) is 3.00. The van der Waals surface area contributed by atoms with Gasteiger partial charge in [-0.25, -0.2) is 8.78 Å². The number of anilines is 1. The Morgan fingerprint density at radius 3 is 3.00 bits per heavy atom. The smallest absolute Gasteiger partial charge is 0.248 e. The number of alkyl halides is 2. The molecule has 3 heteroatoms. The van der Waals surface area contributed by atoms with E-state index in [4.69, 9.17) is 0 Å². The molecule has 98 valence electrons. The predicted octanol–water partition coefficient (Wildman–Crippen LogP) is 4.02. The van der Waals surface area contributed by atoms with Crippen LogP contribution in [0.3, 0.4) is 0 Å². The van der Waals surface area contributed by atoms with Gasteiger partial charge in [-0.3, -0.25) is 0 Å². The van der Waals surface area contributed by atoms with Crippen molar-refractivity contribution in [3.05, 3.63) is 29.3 Å². The van der Waals surface area contributed by atoms with Gasteiger partial charge in [0, 0.05) is 25.1 Å². The lowest BCUT2D eigenvalue weighted by molar-refractivity contribution is 0.00509. The number of nitrogens with one attached hydrogen (secondary N) is 1. The van der Waals surface area contributed by atoms with Gasteiger partial charge in [0.1, 0.15) is 0 Å². The Morgan fingerprint density at radius 1 is 1.33 bits per heavy atom. The Hall–Kier alpha value is -1.12. The van der Waals surface area contributed by atoms with Crippen molar-refractivity contribution < 1.29 is 8.78 Å². The van der Waals surface area contributed by atoms with E-state index in [0.29, 0.717) is 6.42 Å². The molecule has 1 saturated carbocycles. The zero-order chi connectivity index (χ0) is 12.6. The topological polar surface area (TPSA) is 12.0 Å². The minimum Gasteiger partial charge on any atom is -0.385 e. The second kappa shape index (κ2) is 4.52. The molecule has 0 spiro atoms. The molecular formula is C15H19F2N. The van der Waals surface area contributed by atoms with Gasteiger partial charge >= 0.3 is 0 Å². The van der Waals surface area contributed by atoms with Gasteiger partial charge in [0.25, 0.3) is 0 Å². The second-order valence-corrected chi connectivity index (χ2v) is 5.65. The van der Waals surface area contributed by atoms with E-state index in [1.54, 1.807) is 0 Å². The number of aryl methyl sites for hydroxylation is 1. The predicted molar refractivity (Wildman–Crippen MR) is 69.2 cm³/mol. The highest BCUT2D eigenvalue weighted by Gasteiger charge is 2.39. The number of hydrogen-bond acceptors (Lipinski definition) is 1. The summed E-state index contributed by atoms with van der Waals surface area (Å²) in [6, 6.07) is 6.30. The maximum Gasteiger partial charge on any atom is 0.248 e. The fourth-order valence-electron chi connectivity index (χ4n) is 3.28. The number of para-hydroxylation sites is 1. The molecule has 3 rings (SSSR count). The van der Waals surface area contributed by atoms with Gasteiger partial charge in [0.05, 0.1) is 0 Å². The number of fused-ring (bicyclic) bond motifs is 1. The highest BCUT2D eigenvalue weighted by Crippen LogP contribution is 2.41. The molecule has 0 saturated heterocycles. The summed E-state index contributed by atoms with van der Waals surface area (Å²) < 4.78 is 26.4. The molecule has 1 aliphatic heterocycles. The van der Waals surface area contributed by atoms with Crippen LogP contribution in [0.5, 0.6) is 0 Å². The third kappa shape index (κ3) is 2.36. The van der Waals surface area contributed by atoms with Crippen LogP contribution >= 0.6 is 0 Å². The van der Waals surface area contributed by atoms with Gasteiger partial charge in [0.2, 0.25) is 5.92 Å². The maximum atomic E-state index is 13.2. The molecule has 1 aromatic rings. The fraction of sp³-hybridized carbons (Fsp3) is 0.600. The monoisotopic (exact) mass is 251 g/mol. The van der Waals surface area contributed by atoms with E-state index >= 15 is 0 Å². The van der Waals surface area contributed by atoms with Crippen LogP contribution in [0.4, 0.5) is 14.5 Å². The minimum atomic E-state index is -2.42. The molecule has 1 unspecified atom stereocenters. The number of benzene rings is 1. The van der Waals surface area contributed by atoms with Crippen molar-refractivity contribution in [2.24, 2.45) is 5.92 Å². The lowest BCUT2D eigenvalue weighted by Crippen LogP contribution is -2.15. The largest absolute Gasteiger partial charge is 0.385 e. The standard InChI is InChI=1S/C15H19F2N/c16-15(17)7-6-11(10-15)9-13-4-1-3-12-5-2-8-18-14(12)13/h1,3-4,11,18H,2,5-10H2. The van der Waals surface area contributed by atoms with Crippen LogP contribution in [0.2, 0.25) is 0 Å². The highest BCUT2D eigenvalue weighted by atomic mass is 19.3. The number of halogens is 2. The third-order valence-corrected chi connectivity index (χ3v) is 4.18. The summed E-state index contributed by atoms with van der Waals surface area (Å²) in [6.07, 6.45) is 3.87. The van der Waals surface area contributed by atoms with Crippen LogP contribution in [-0.2, 0) is 12.8 Å². The first-order valence-electron chi connectivity index (χ1n) is 6.86. The van der Waals surface area contributed by atoms with E-state index in [1.165, 1.54) is 16.8 Å². The van der Waals surface area contributed by atoms with Crippen molar-refractivity contribution in [1.82, 2.24) is 0 Å². The van der Waals surface area contributed by atoms with Crippen molar-refractivity contribution in [2.45, 2.75) is 44.4 Å². The summed E-state index contributed by atoms with van der Waals surface area (Å²) in [5.41, 5.74) is 3.80. The van der Waals surface area contributed by atoms with Crippen molar-refractivity contribution in [3.8, 4) is 0 Å². The van der Waals surface area contributed by atoms with Crippen LogP contribution in [-0.4, -0.2) is 12.5 Å². The summed E-state index contributed by atoms with van der Waals surface area (Å²) in [5.74, 6) is -2.28. The zero-order valence-corrected chi connectivity index (χ0v) is 10.5. The molecule has 0 radical (unpaired) electrons. The van der Waals surface area contributed by atoms with Crippen LogP contribution in [0.1, 0.15) is 36.8 Å². The summed E-state index contributed by atoms with van der Waals surface area (Å²) >= 11 is 0. The van der Waals surface area contributed by atoms with Crippen LogP contribution in [0.25, 0.3) is 0 Å². The van der Waals surface area contributed by atoms with E-state index in [-0.39, 0.29) is 18.8 Å². The average molecular weight is 251 g/mol. The van der Waals surface area contributed by atoms with Gasteiger partial charge < -0.3 is 5.32 Å². The Bertz CT molecular complexity index is 442. The molecule has 0 bridgehead atoms. The molecule has 1 aliphatic carbocycles. The highest BCUT2D eigenvalue weighted by molar-refractivity contribution is 5.59. The maximum absolute atomic E-state index is 13.2. The first-order chi connectivity index (χ1) is 8.64. The first-order valence-corrected chi connectivity index (χ1v) is 6.86. The summed E-state index contributed by atoms with van der Waals surface area (Å²) in [5, 5.41) is 3.44. The lowest BCUT2D eigenvalue weighted by Gasteiger charge is -2.22. The Balaban J connectivity index is 1.77. The molecular weight excluding hydrogens is 232 g/mol. The number of hydrogen-bond donors (Lipinski definition) is 1. The first kappa shape index (κ1) is 11.9. The molecule has 1 nitrogen and oxygen atoms in total. The van der Waals surface area contributed by atoms with Gasteiger partial charge in [-0.2, -0.15) is 0 Å². The molecule has 2 aliphatic rings. The molecule has 1 aromatic carbocycles. The van der Waals surface area contributed by atoms with Crippen molar-refractivity contribution >= 4 is 5.69 Å². The van der Waals surface area contributed by atoms with Crippen molar-refractivity contribution in [2.75, 3.05) is 11.9 Å². The van der Waals surface area contributed by atoms with E-state index in [9.17, 15) is 8.78 Å². The van der Waals surface area contributed by atoms with Gasteiger partial charge in [-0.15, -0.1) is 0 Å². The summed E-state index contributed by atoms with van der Waals surface area (Å²) in [6.45, 7) is 1.00. The average Bonchev–Trinajstić information content (AvgIpc) is 2.69. The van der Waals surface area contributed by atoms with E-state index in [0.717, 1.165) is 25.8 Å². The third-order valence-electron chi connectivity index (χ3n) is 4.18. The van der Waals surface area contributed by atoms with Crippen LogP contribution < -0.4 is 5.32 Å². The number of rotatable bonds is 2. The lowest BCUT2D eigenvalue weighted by atomic mass is 9.92. The molecule has 0 amide bonds. The molecule has 1 heterocycles. The molecule has 0 aromatic heterocycles. The minimum absolute atomic E-state index is 0.0661. The summed E-state index contributed by atoms with van der Waals surface area (Å²) in [7, 11) is 0. The van der Waals surface area contributed by atoms with Crippen molar-refractivity contribution in [3.63, 3.8) is 0 Å². The Labute approximate surface area is 107 Å². The fourth-order valence-corrected chi connectivity index (χ4v) is 3.28. The van der Waals surface area contributed by atoms with Gasteiger partial charge in [-0.05, 0) is 42.7 Å². The van der Waals surface area contributed by atoms with Crippen molar-refractivity contribution in [1.29, 1.82) is 0 Å². The second-order valence-electron chi connectivity index (χ2n) is 5.65. The molecule has 18 heavy (non-hydrogen) atoms. The molecule has 1 N–H and O–H groups in total. The van der Waals surface area contributed by atoms with Gasteiger partial charge in [0.15, 0.2) is 0 Å². The zero-order valence-electron chi connectivity index (χ0n) is 10.5. The quantitative estimate of drug-likeness (QED) is 0.837. The molecule has 1 fully saturated rings. The van der Waals surface area contributed by atoms with E-state index in [1.807, 2.05) is 0 Å². The SMILES string of the molecule is FC1(F)CCC(Cc2cccc3c2NCCC3)C1. The van der Waals surface area contributed by atoms with E-state index in [2.05, 4.69) is 23.5 Å². The van der Waals surface area contributed by atoms with E-state index < -0.39 is 5.92 Å². The molecule has 1 atom stereocenters. The Morgan fingerprint density at radius 2 is 2.22 bits per heavy atom. The summed E-state index contributed by atoms with van der Waals surface area (Å²) in [4.78, 5) is 0. The van der Waals surface area contributed by atoms with Crippen LogP contribution in [0, 0.1) is 5.92 Å². The van der Waals surface area contributed by atoms with Crippen LogP contribution in [0.15, 0.2) is 18.2 Å².